The predicted molar refractivity (Wildman–Crippen MR) is 128 cm³/mol. The van der Waals surface area contributed by atoms with Crippen molar-refractivity contribution in [3.63, 3.8) is 0 Å². The zero-order valence-corrected chi connectivity index (χ0v) is 19.6. The van der Waals surface area contributed by atoms with Crippen LogP contribution in [0.3, 0.4) is 0 Å². The summed E-state index contributed by atoms with van der Waals surface area (Å²) in [6.07, 6.45) is -1.05. The number of halogens is 3. The van der Waals surface area contributed by atoms with E-state index in [1.807, 2.05) is 18.9 Å². The van der Waals surface area contributed by atoms with Crippen molar-refractivity contribution in [2.75, 3.05) is 57.2 Å². The number of rotatable bonds is 8. The number of benzene rings is 2. The lowest BCUT2D eigenvalue weighted by Crippen LogP contribution is -2.44. The van der Waals surface area contributed by atoms with Gasteiger partial charge in [0.15, 0.2) is 11.5 Å². The van der Waals surface area contributed by atoms with Crippen molar-refractivity contribution in [2.45, 2.75) is 19.5 Å². The van der Waals surface area contributed by atoms with Crippen LogP contribution >= 0.6 is 0 Å². The zero-order valence-electron chi connectivity index (χ0n) is 19.6. The fraction of sp³-hybridized carbons (Fsp3) is 0.400. The molecule has 0 saturated carbocycles. The first kappa shape index (κ1) is 25.4. The van der Waals surface area contributed by atoms with E-state index in [0.29, 0.717) is 42.4 Å². The number of piperazine rings is 1. The van der Waals surface area contributed by atoms with Crippen LogP contribution in [0.5, 0.6) is 11.5 Å². The van der Waals surface area contributed by atoms with E-state index in [2.05, 4.69) is 10.2 Å². The summed E-state index contributed by atoms with van der Waals surface area (Å²) in [6.45, 7) is 5.39. The molecule has 0 spiro atoms. The summed E-state index contributed by atoms with van der Waals surface area (Å²) in [7, 11) is 3.49. The first-order chi connectivity index (χ1) is 16.2. The molecule has 9 heteroatoms. The molecule has 0 radical (unpaired) electrons. The highest BCUT2D eigenvalue weighted by atomic mass is 19.4. The molecule has 0 aromatic heterocycles. The van der Waals surface area contributed by atoms with Crippen LogP contribution in [0.15, 0.2) is 42.5 Å². The van der Waals surface area contributed by atoms with Gasteiger partial charge in [-0.25, -0.2) is 0 Å². The molecule has 0 unspecified atom stereocenters. The topological polar surface area (TPSA) is 54.0 Å². The number of nitrogens with zero attached hydrogens (tertiary/aromatic N) is 2. The molecule has 1 amide bonds. The second-order valence-corrected chi connectivity index (χ2v) is 8.10. The summed E-state index contributed by atoms with van der Waals surface area (Å²) >= 11 is 0. The van der Waals surface area contributed by atoms with E-state index in [1.54, 1.807) is 24.3 Å². The first-order valence-corrected chi connectivity index (χ1v) is 11.2. The largest absolute Gasteiger partial charge is 0.493 e. The molecule has 0 atom stereocenters. The van der Waals surface area contributed by atoms with E-state index in [4.69, 9.17) is 9.47 Å². The molecule has 0 bridgehead atoms. The third kappa shape index (κ3) is 6.66. The van der Waals surface area contributed by atoms with Crippen molar-refractivity contribution in [3.05, 3.63) is 53.6 Å². The van der Waals surface area contributed by atoms with Crippen LogP contribution < -0.4 is 19.7 Å². The van der Waals surface area contributed by atoms with E-state index >= 15 is 0 Å². The van der Waals surface area contributed by atoms with Crippen molar-refractivity contribution in [2.24, 2.45) is 0 Å². The second kappa shape index (κ2) is 11.3. The molecule has 2 aromatic rings. The molecular weight excluding hydrogens is 447 g/mol. The number of methoxy groups -OCH3 is 1. The standard InChI is InChI=1S/C25H30F3N3O3/c1-4-15-34-22-9-5-18(16-23(22)33-3)6-10-24(32)29-21-8-7-19(17-20(21)25(26,27)28)31-13-11-30(2)12-14-31/h5-10,16-17H,4,11-15H2,1-3H3,(H,29,32)/b10-6+. The number of alkyl halides is 3. The van der Waals surface area contributed by atoms with Gasteiger partial charge in [0.25, 0.3) is 0 Å². The molecule has 0 aliphatic carbocycles. The zero-order chi connectivity index (χ0) is 24.7. The number of carbonyl (C=O) groups excluding carboxylic acids is 1. The first-order valence-electron chi connectivity index (χ1n) is 11.2. The van der Waals surface area contributed by atoms with Gasteiger partial charge in [0, 0.05) is 37.9 Å². The Bertz CT molecular complexity index is 1020. The van der Waals surface area contributed by atoms with E-state index in [-0.39, 0.29) is 5.69 Å². The van der Waals surface area contributed by atoms with Gasteiger partial charge in [0.1, 0.15) is 0 Å². The number of anilines is 2. The van der Waals surface area contributed by atoms with Crippen molar-refractivity contribution >= 4 is 23.4 Å². The Kier molecular flexibility index (Phi) is 8.44. The van der Waals surface area contributed by atoms with Crippen LogP contribution in [-0.2, 0) is 11.0 Å². The fourth-order valence-electron chi connectivity index (χ4n) is 3.60. The van der Waals surface area contributed by atoms with Crippen LogP contribution in [0.25, 0.3) is 6.08 Å². The number of likely N-dealkylation sites (N-methyl/N-ethyl adjacent to an activating group) is 1. The third-order valence-corrected chi connectivity index (χ3v) is 5.51. The summed E-state index contributed by atoms with van der Waals surface area (Å²) in [5.41, 5.74) is -0.00514. The highest BCUT2D eigenvalue weighted by Crippen LogP contribution is 2.37. The summed E-state index contributed by atoms with van der Waals surface area (Å²) in [6, 6.07) is 9.18. The van der Waals surface area contributed by atoms with Gasteiger partial charge in [-0.2, -0.15) is 13.2 Å². The van der Waals surface area contributed by atoms with Crippen LogP contribution in [0, 0.1) is 0 Å². The lowest BCUT2D eigenvalue weighted by molar-refractivity contribution is -0.136. The Morgan fingerprint density at radius 1 is 1.09 bits per heavy atom. The van der Waals surface area contributed by atoms with Gasteiger partial charge in [-0.3, -0.25) is 4.79 Å². The number of nitrogens with one attached hydrogen (secondary N) is 1. The van der Waals surface area contributed by atoms with Gasteiger partial charge in [0.05, 0.1) is 25.0 Å². The second-order valence-electron chi connectivity index (χ2n) is 8.10. The molecule has 1 fully saturated rings. The maximum absolute atomic E-state index is 13.7. The smallest absolute Gasteiger partial charge is 0.418 e. The minimum Gasteiger partial charge on any atom is -0.493 e. The lowest BCUT2D eigenvalue weighted by atomic mass is 10.1. The fourth-order valence-corrected chi connectivity index (χ4v) is 3.60. The van der Waals surface area contributed by atoms with Crippen molar-refractivity contribution in [1.29, 1.82) is 0 Å². The molecule has 2 aromatic carbocycles. The van der Waals surface area contributed by atoms with Gasteiger partial charge in [0.2, 0.25) is 5.91 Å². The van der Waals surface area contributed by atoms with Gasteiger partial charge >= 0.3 is 6.18 Å². The van der Waals surface area contributed by atoms with Crippen LogP contribution in [-0.4, -0.2) is 57.8 Å². The molecular formula is C25H30F3N3O3. The number of hydrogen-bond acceptors (Lipinski definition) is 5. The minimum atomic E-state index is -4.60. The Labute approximate surface area is 197 Å². The van der Waals surface area contributed by atoms with E-state index in [1.165, 1.54) is 25.3 Å². The maximum atomic E-state index is 13.7. The molecule has 1 heterocycles. The molecule has 1 aliphatic heterocycles. The van der Waals surface area contributed by atoms with E-state index in [0.717, 1.165) is 25.6 Å². The highest BCUT2D eigenvalue weighted by Gasteiger charge is 2.34. The van der Waals surface area contributed by atoms with E-state index in [9.17, 15) is 18.0 Å². The molecule has 184 valence electrons. The van der Waals surface area contributed by atoms with Gasteiger partial charge < -0.3 is 24.6 Å². The number of carbonyl (C=O) groups is 1. The third-order valence-electron chi connectivity index (χ3n) is 5.51. The van der Waals surface area contributed by atoms with Gasteiger partial charge in [-0.1, -0.05) is 13.0 Å². The number of amides is 1. The summed E-state index contributed by atoms with van der Waals surface area (Å²) in [5.74, 6) is 0.430. The van der Waals surface area contributed by atoms with Crippen LogP contribution in [0.2, 0.25) is 0 Å². The summed E-state index contributed by atoms with van der Waals surface area (Å²) in [4.78, 5) is 16.5. The summed E-state index contributed by atoms with van der Waals surface area (Å²) < 4.78 is 52.2. The van der Waals surface area contributed by atoms with Crippen molar-refractivity contribution < 1.29 is 27.4 Å². The average Bonchev–Trinajstić information content (AvgIpc) is 2.81. The minimum absolute atomic E-state index is 0.277. The number of ether oxygens (including phenoxy) is 2. The predicted octanol–water partition coefficient (Wildman–Crippen LogP) is 4.91. The van der Waals surface area contributed by atoms with Crippen molar-refractivity contribution in [1.82, 2.24) is 4.90 Å². The molecule has 6 nitrogen and oxygen atoms in total. The Balaban J connectivity index is 1.74. The molecule has 1 saturated heterocycles. The molecule has 1 aliphatic rings. The Morgan fingerprint density at radius 3 is 2.47 bits per heavy atom. The lowest BCUT2D eigenvalue weighted by Gasteiger charge is -2.34. The average molecular weight is 478 g/mol. The van der Waals surface area contributed by atoms with Crippen LogP contribution in [0.1, 0.15) is 24.5 Å². The monoisotopic (exact) mass is 477 g/mol. The quantitative estimate of drug-likeness (QED) is 0.548. The summed E-state index contributed by atoms with van der Waals surface area (Å²) in [5, 5.41) is 2.36. The molecule has 3 rings (SSSR count). The van der Waals surface area contributed by atoms with Crippen LogP contribution in [0.4, 0.5) is 24.5 Å². The van der Waals surface area contributed by atoms with Gasteiger partial charge in [-0.05, 0) is 55.4 Å². The molecule has 34 heavy (non-hydrogen) atoms. The molecule has 1 N–H and O–H groups in total. The SMILES string of the molecule is CCCOc1ccc(/C=C/C(=O)Nc2ccc(N3CCN(C)CC3)cc2C(F)(F)F)cc1OC. The normalized spacial score (nSPS) is 14.9. The maximum Gasteiger partial charge on any atom is 0.418 e. The van der Waals surface area contributed by atoms with Gasteiger partial charge in [-0.15, -0.1) is 0 Å². The Morgan fingerprint density at radius 2 is 1.82 bits per heavy atom. The Hall–Kier alpha value is -3.20. The number of hydrogen-bond donors (Lipinski definition) is 1. The highest BCUT2D eigenvalue weighted by molar-refractivity contribution is 6.02. The van der Waals surface area contributed by atoms with Crippen molar-refractivity contribution in [3.8, 4) is 11.5 Å². The van der Waals surface area contributed by atoms with E-state index < -0.39 is 17.6 Å².